The molecule has 0 unspecified atom stereocenters. The number of hydrogen-bond acceptors (Lipinski definition) is 3. The number of nitrogens with zero attached hydrogens (tertiary/aromatic N) is 1. The summed E-state index contributed by atoms with van der Waals surface area (Å²) in [5.41, 5.74) is 0. The molecule has 2 aromatic heterocycles. The van der Waals surface area contributed by atoms with Crippen LogP contribution in [0.25, 0.3) is 9.75 Å². The predicted molar refractivity (Wildman–Crippen MR) is 74.1 cm³/mol. The maximum atomic E-state index is 8.79. The monoisotopic (exact) mass is 257 g/mol. The molecule has 2 rings (SSSR count). The van der Waals surface area contributed by atoms with E-state index in [0.29, 0.717) is 0 Å². The fourth-order valence-corrected chi connectivity index (χ4v) is 3.12. The minimum Gasteiger partial charge on any atom is -0.192 e. The van der Waals surface area contributed by atoms with Crippen molar-refractivity contribution in [3.05, 3.63) is 34.0 Å². The van der Waals surface area contributed by atoms with Crippen molar-refractivity contribution in [2.24, 2.45) is 0 Å². The Hall–Kier alpha value is -1.55. The minimum absolute atomic E-state index is 0.756. The molecule has 0 aromatic carbocycles. The van der Waals surface area contributed by atoms with Gasteiger partial charge in [-0.05, 0) is 30.7 Å². The highest BCUT2D eigenvalue weighted by atomic mass is 32.1. The van der Waals surface area contributed by atoms with Crippen molar-refractivity contribution in [2.75, 3.05) is 0 Å². The highest BCUT2D eigenvalue weighted by Gasteiger charge is 2.04. The van der Waals surface area contributed by atoms with E-state index >= 15 is 0 Å². The Labute approximate surface area is 109 Å². The second-order valence-corrected chi connectivity index (χ2v) is 5.66. The van der Waals surface area contributed by atoms with E-state index in [-0.39, 0.29) is 0 Å². The standard InChI is InChI=1S/C14H11NS2/c1-2-3-4-5-11-6-8-13(16-11)14-9-7-12(10-15)17-14/h6-9H,2-3H2,1H3. The third-order valence-corrected chi connectivity index (χ3v) is 4.34. The summed E-state index contributed by atoms with van der Waals surface area (Å²) in [5.74, 6) is 6.31. The van der Waals surface area contributed by atoms with Crippen molar-refractivity contribution >= 4 is 22.7 Å². The molecule has 0 spiro atoms. The van der Waals surface area contributed by atoms with Gasteiger partial charge in [0, 0.05) is 16.2 Å². The zero-order chi connectivity index (χ0) is 12.1. The molecule has 2 aromatic rings. The average molecular weight is 257 g/mol. The summed E-state index contributed by atoms with van der Waals surface area (Å²) in [7, 11) is 0. The van der Waals surface area contributed by atoms with Crippen molar-refractivity contribution < 1.29 is 0 Å². The summed E-state index contributed by atoms with van der Waals surface area (Å²) in [6.07, 6.45) is 2.05. The SMILES string of the molecule is CCCC#Cc1ccc(-c2ccc(C#N)s2)s1. The molecular weight excluding hydrogens is 246 g/mol. The largest absolute Gasteiger partial charge is 0.192 e. The van der Waals surface area contributed by atoms with E-state index in [9.17, 15) is 0 Å². The van der Waals surface area contributed by atoms with Gasteiger partial charge in [-0.2, -0.15) is 5.26 Å². The molecule has 1 nitrogen and oxygen atoms in total. The van der Waals surface area contributed by atoms with Gasteiger partial charge in [0.1, 0.15) is 10.9 Å². The van der Waals surface area contributed by atoms with Crippen molar-refractivity contribution in [2.45, 2.75) is 19.8 Å². The Kier molecular flexibility index (Phi) is 3.98. The maximum absolute atomic E-state index is 8.79. The van der Waals surface area contributed by atoms with E-state index in [1.54, 1.807) is 11.3 Å². The summed E-state index contributed by atoms with van der Waals surface area (Å²) < 4.78 is 0. The van der Waals surface area contributed by atoms with Crippen molar-refractivity contribution in [1.29, 1.82) is 5.26 Å². The number of unbranched alkanes of at least 4 members (excludes halogenated alkanes) is 1. The van der Waals surface area contributed by atoms with Crippen LogP contribution in [0.1, 0.15) is 29.5 Å². The topological polar surface area (TPSA) is 23.8 Å². The summed E-state index contributed by atoms with van der Waals surface area (Å²) in [6.45, 7) is 2.13. The van der Waals surface area contributed by atoms with Crippen LogP contribution in [-0.4, -0.2) is 0 Å². The number of rotatable bonds is 2. The summed E-state index contributed by atoms with van der Waals surface area (Å²) >= 11 is 3.22. The minimum atomic E-state index is 0.756. The maximum Gasteiger partial charge on any atom is 0.110 e. The lowest BCUT2D eigenvalue weighted by molar-refractivity contribution is 0.983. The zero-order valence-electron chi connectivity index (χ0n) is 9.49. The van der Waals surface area contributed by atoms with Crippen LogP contribution in [0, 0.1) is 23.2 Å². The van der Waals surface area contributed by atoms with Crippen LogP contribution in [0.5, 0.6) is 0 Å². The first-order valence-corrected chi connectivity index (χ1v) is 7.06. The van der Waals surface area contributed by atoms with Gasteiger partial charge in [0.25, 0.3) is 0 Å². The van der Waals surface area contributed by atoms with Gasteiger partial charge >= 0.3 is 0 Å². The fourth-order valence-electron chi connectivity index (χ4n) is 1.34. The van der Waals surface area contributed by atoms with E-state index in [2.05, 4.69) is 37.0 Å². The predicted octanol–water partition coefficient (Wildman–Crippen LogP) is 4.50. The zero-order valence-corrected chi connectivity index (χ0v) is 11.1. The average Bonchev–Trinajstić information content (AvgIpc) is 2.97. The third kappa shape index (κ3) is 2.97. The molecule has 0 radical (unpaired) electrons. The van der Waals surface area contributed by atoms with Gasteiger partial charge < -0.3 is 0 Å². The van der Waals surface area contributed by atoms with Crippen LogP contribution in [0.3, 0.4) is 0 Å². The fraction of sp³-hybridized carbons (Fsp3) is 0.214. The molecule has 0 N–H and O–H groups in total. The van der Waals surface area contributed by atoms with Gasteiger partial charge in [0.15, 0.2) is 0 Å². The van der Waals surface area contributed by atoms with Crippen molar-refractivity contribution in [3.63, 3.8) is 0 Å². The van der Waals surface area contributed by atoms with Crippen LogP contribution in [0.15, 0.2) is 24.3 Å². The highest BCUT2D eigenvalue weighted by Crippen LogP contribution is 2.33. The van der Waals surface area contributed by atoms with E-state index in [1.807, 2.05) is 12.1 Å². The van der Waals surface area contributed by atoms with Crippen LogP contribution in [-0.2, 0) is 0 Å². The molecule has 0 saturated heterocycles. The molecule has 2 heterocycles. The summed E-state index contributed by atoms with van der Waals surface area (Å²) in [5, 5.41) is 8.79. The number of hydrogen-bond donors (Lipinski definition) is 0. The van der Waals surface area contributed by atoms with Crippen molar-refractivity contribution in [1.82, 2.24) is 0 Å². The van der Waals surface area contributed by atoms with Gasteiger partial charge in [-0.1, -0.05) is 18.8 Å². The smallest absolute Gasteiger partial charge is 0.110 e. The van der Waals surface area contributed by atoms with Crippen LogP contribution in [0.4, 0.5) is 0 Å². The molecule has 0 saturated carbocycles. The van der Waals surface area contributed by atoms with Crippen molar-refractivity contribution in [3.8, 4) is 27.7 Å². The highest BCUT2D eigenvalue weighted by molar-refractivity contribution is 7.22. The molecule has 0 aliphatic heterocycles. The lowest BCUT2D eigenvalue weighted by Crippen LogP contribution is -1.62. The second-order valence-electron chi connectivity index (χ2n) is 3.49. The first kappa shape index (κ1) is 11.9. The molecule has 3 heteroatoms. The van der Waals surface area contributed by atoms with Gasteiger partial charge in [-0.15, -0.1) is 22.7 Å². The first-order chi connectivity index (χ1) is 8.33. The lowest BCUT2D eigenvalue weighted by Gasteiger charge is -1.86. The Balaban J connectivity index is 2.19. The molecule has 17 heavy (non-hydrogen) atoms. The summed E-state index contributed by atoms with van der Waals surface area (Å²) in [4.78, 5) is 4.19. The number of thiophene rings is 2. The normalized spacial score (nSPS) is 9.41. The second kappa shape index (κ2) is 5.68. The van der Waals surface area contributed by atoms with E-state index in [1.165, 1.54) is 16.2 Å². The lowest BCUT2D eigenvalue weighted by atomic mass is 10.3. The van der Waals surface area contributed by atoms with E-state index in [0.717, 1.165) is 27.5 Å². The molecule has 0 aliphatic rings. The Bertz CT molecular complexity index is 602. The Morgan fingerprint density at radius 1 is 1.06 bits per heavy atom. The van der Waals surface area contributed by atoms with E-state index < -0.39 is 0 Å². The molecule has 0 aliphatic carbocycles. The molecule has 0 bridgehead atoms. The molecule has 0 atom stereocenters. The van der Waals surface area contributed by atoms with Gasteiger partial charge in [0.2, 0.25) is 0 Å². The molecular formula is C14H11NS2. The van der Waals surface area contributed by atoms with E-state index in [4.69, 9.17) is 5.26 Å². The van der Waals surface area contributed by atoms with Gasteiger partial charge in [-0.3, -0.25) is 0 Å². The van der Waals surface area contributed by atoms with Crippen LogP contribution >= 0.6 is 22.7 Å². The summed E-state index contributed by atoms with van der Waals surface area (Å²) in [6, 6.07) is 10.1. The van der Waals surface area contributed by atoms with Crippen LogP contribution in [0.2, 0.25) is 0 Å². The van der Waals surface area contributed by atoms with Gasteiger partial charge in [-0.25, -0.2) is 0 Å². The Morgan fingerprint density at radius 3 is 2.29 bits per heavy atom. The van der Waals surface area contributed by atoms with Gasteiger partial charge in [0.05, 0.1) is 4.88 Å². The molecule has 0 fully saturated rings. The Morgan fingerprint density at radius 2 is 1.71 bits per heavy atom. The number of nitriles is 1. The first-order valence-electron chi connectivity index (χ1n) is 5.42. The van der Waals surface area contributed by atoms with Crippen LogP contribution < -0.4 is 0 Å². The molecule has 84 valence electrons. The third-order valence-electron chi connectivity index (χ3n) is 2.15. The molecule has 0 amide bonds. The quantitative estimate of drug-likeness (QED) is 0.727.